The predicted octanol–water partition coefficient (Wildman–Crippen LogP) is 4.31. The van der Waals surface area contributed by atoms with Crippen molar-refractivity contribution in [2.24, 2.45) is 4.99 Å². The largest absolute Gasteiger partial charge is 0.495 e. The molecular weight excluding hydrogens is 250 g/mol. The standard InChI is InChI=1S/C14H14ClNO2/c1-9-6-11(10(2)18-9)8-16-12-4-5-14(17-3)13(15)7-12/h4-8H,1-3H3. The van der Waals surface area contributed by atoms with Crippen LogP contribution in [0, 0.1) is 13.8 Å². The molecule has 0 unspecified atom stereocenters. The van der Waals surface area contributed by atoms with E-state index in [1.165, 1.54) is 0 Å². The van der Waals surface area contributed by atoms with Crippen molar-refractivity contribution in [3.05, 3.63) is 46.4 Å². The molecule has 0 atom stereocenters. The van der Waals surface area contributed by atoms with E-state index in [4.69, 9.17) is 20.8 Å². The number of ether oxygens (including phenoxy) is 1. The molecule has 2 rings (SSSR count). The topological polar surface area (TPSA) is 34.7 Å². The summed E-state index contributed by atoms with van der Waals surface area (Å²) in [5.74, 6) is 2.38. The van der Waals surface area contributed by atoms with Gasteiger partial charge in [0.05, 0.1) is 17.8 Å². The summed E-state index contributed by atoms with van der Waals surface area (Å²) < 4.78 is 10.5. The summed E-state index contributed by atoms with van der Waals surface area (Å²) in [5.41, 5.74) is 1.75. The number of rotatable bonds is 3. The van der Waals surface area contributed by atoms with Crippen molar-refractivity contribution in [1.82, 2.24) is 0 Å². The molecule has 1 heterocycles. The van der Waals surface area contributed by atoms with Crippen LogP contribution < -0.4 is 4.74 Å². The number of nitrogens with zero attached hydrogens (tertiary/aromatic N) is 1. The van der Waals surface area contributed by atoms with Crippen LogP contribution in [0.5, 0.6) is 5.75 Å². The van der Waals surface area contributed by atoms with Gasteiger partial charge in [-0.2, -0.15) is 0 Å². The Labute approximate surface area is 111 Å². The second kappa shape index (κ2) is 5.27. The molecule has 1 aromatic carbocycles. The van der Waals surface area contributed by atoms with E-state index in [0.717, 1.165) is 22.8 Å². The molecule has 0 aliphatic rings. The maximum atomic E-state index is 6.03. The molecule has 0 fully saturated rings. The fraction of sp³-hybridized carbons (Fsp3) is 0.214. The van der Waals surface area contributed by atoms with E-state index in [1.54, 1.807) is 25.5 Å². The molecular formula is C14H14ClNO2. The highest BCUT2D eigenvalue weighted by molar-refractivity contribution is 6.32. The van der Waals surface area contributed by atoms with Crippen molar-refractivity contribution in [3.8, 4) is 5.75 Å². The van der Waals surface area contributed by atoms with Crippen molar-refractivity contribution in [2.75, 3.05) is 7.11 Å². The van der Waals surface area contributed by atoms with Crippen molar-refractivity contribution >= 4 is 23.5 Å². The van der Waals surface area contributed by atoms with Gasteiger partial charge >= 0.3 is 0 Å². The van der Waals surface area contributed by atoms with Gasteiger partial charge in [0.15, 0.2) is 0 Å². The van der Waals surface area contributed by atoms with Crippen LogP contribution >= 0.6 is 11.6 Å². The van der Waals surface area contributed by atoms with Crippen LogP contribution in [0.4, 0.5) is 5.69 Å². The average molecular weight is 264 g/mol. The van der Waals surface area contributed by atoms with E-state index in [0.29, 0.717) is 10.8 Å². The van der Waals surface area contributed by atoms with Gasteiger partial charge in [0, 0.05) is 11.8 Å². The van der Waals surface area contributed by atoms with Crippen molar-refractivity contribution < 1.29 is 9.15 Å². The van der Waals surface area contributed by atoms with Gasteiger partial charge < -0.3 is 9.15 Å². The number of aryl methyl sites for hydroxylation is 2. The summed E-state index contributed by atoms with van der Waals surface area (Å²) in [5, 5.41) is 0.548. The van der Waals surface area contributed by atoms with Crippen LogP contribution in [-0.4, -0.2) is 13.3 Å². The molecule has 0 aliphatic heterocycles. The maximum Gasteiger partial charge on any atom is 0.137 e. The first-order valence-corrected chi connectivity index (χ1v) is 5.92. The number of hydrogen-bond donors (Lipinski definition) is 0. The third-order valence-electron chi connectivity index (χ3n) is 2.57. The Kier molecular flexibility index (Phi) is 3.72. The first-order valence-electron chi connectivity index (χ1n) is 5.55. The van der Waals surface area contributed by atoms with E-state index in [-0.39, 0.29) is 0 Å². The van der Waals surface area contributed by atoms with Gasteiger partial charge in [-0.15, -0.1) is 0 Å². The molecule has 0 bridgehead atoms. The van der Waals surface area contributed by atoms with Crippen LogP contribution in [0.25, 0.3) is 0 Å². The summed E-state index contributed by atoms with van der Waals surface area (Å²) in [6.45, 7) is 3.82. The Hall–Kier alpha value is -1.74. The summed E-state index contributed by atoms with van der Waals surface area (Å²) >= 11 is 6.03. The lowest BCUT2D eigenvalue weighted by molar-refractivity contribution is 0.415. The number of methoxy groups -OCH3 is 1. The van der Waals surface area contributed by atoms with Crippen LogP contribution in [0.15, 0.2) is 33.7 Å². The highest BCUT2D eigenvalue weighted by Crippen LogP contribution is 2.28. The number of benzene rings is 1. The highest BCUT2D eigenvalue weighted by Gasteiger charge is 2.03. The van der Waals surface area contributed by atoms with E-state index in [1.807, 2.05) is 26.0 Å². The summed E-state index contributed by atoms with van der Waals surface area (Å²) in [6.07, 6.45) is 1.77. The Morgan fingerprint density at radius 1 is 1.28 bits per heavy atom. The predicted molar refractivity (Wildman–Crippen MR) is 73.4 cm³/mol. The lowest BCUT2D eigenvalue weighted by atomic mass is 10.2. The van der Waals surface area contributed by atoms with E-state index in [2.05, 4.69) is 4.99 Å². The molecule has 0 saturated heterocycles. The van der Waals surface area contributed by atoms with Gasteiger partial charge in [-0.25, -0.2) is 0 Å². The summed E-state index contributed by atoms with van der Waals surface area (Å²) in [6, 6.07) is 7.36. The van der Waals surface area contributed by atoms with Gasteiger partial charge in [-0.3, -0.25) is 4.99 Å². The van der Waals surface area contributed by atoms with Crippen molar-refractivity contribution in [2.45, 2.75) is 13.8 Å². The Morgan fingerprint density at radius 2 is 2.06 bits per heavy atom. The van der Waals surface area contributed by atoms with Gasteiger partial charge in [-0.05, 0) is 38.1 Å². The third kappa shape index (κ3) is 2.74. The first kappa shape index (κ1) is 12.7. The molecule has 0 saturated carbocycles. The third-order valence-corrected chi connectivity index (χ3v) is 2.86. The average Bonchev–Trinajstić information content (AvgIpc) is 2.65. The minimum absolute atomic E-state index is 0.548. The maximum absolute atomic E-state index is 6.03. The Bertz CT molecular complexity index is 587. The normalized spacial score (nSPS) is 11.1. The van der Waals surface area contributed by atoms with Gasteiger partial charge in [-0.1, -0.05) is 11.6 Å². The number of hydrogen-bond acceptors (Lipinski definition) is 3. The quantitative estimate of drug-likeness (QED) is 0.774. The van der Waals surface area contributed by atoms with Gasteiger partial charge in [0.25, 0.3) is 0 Å². The number of furan rings is 1. The van der Waals surface area contributed by atoms with Crippen LogP contribution in [0.1, 0.15) is 17.1 Å². The zero-order valence-corrected chi connectivity index (χ0v) is 11.3. The van der Waals surface area contributed by atoms with E-state index >= 15 is 0 Å². The first-order chi connectivity index (χ1) is 8.60. The van der Waals surface area contributed by atoms with E-state index < -0.39 is 0 Å². The lowest BCUT2D eigenvalue weighted by Gasteiger charge is -2.02. The van der Waals surface area contributed by atoms with Gasteiger partial charge in [0.2, 0.25) is 0 Å². The highest BCUT2D eigenvalue weighted by atomic mass is 35.5. The second-order valence-corrected chi connectivity index (χ2v) is 4.35. The zero-order valence-electron chi connectivity index (χ0n) is 10.5. The second-order valence-electron chi connectivity index (χ2n) is 3.95. The molecule has 0 radical (unpaired) electrons. The molecule has 18 heavy (non-hydrogen) atoms. The SMILES string of the molecule is COc1ccc(N=Cc2cc(C)oc2C)cc1Cl. The van der Waals surface area contributed by atoms with Crippen LogP contribution in [0.2, 0.25) is 5.02 Å². The molecule has 2 aromatic rings. The fourth-order valence-electron chi connectivity index (χ4n) is 1.66. The minimum atomic E-state index is 0.548. The Balaban J connectivity index is 2.24. The van der Waals surface area contributed by atoms with E-state index in [9.17, 15) is 0 Å². The monoisotopic (exact) mass is 263 g/mol. The number of aliphatic imine (C=N–C) groups is 1. The van der Waals surface area contributed by atoms with Crippen molar-refractivity contribution in [1.29, 1.82) is 0 Å². The molecule has 3 nitrogen and oxygen atoms in total. The molecule has 4 heteroatoms. The molecule has 1 aromatic heterocycles. The summed E-state index contributed by atoms with van der Waals surface area (Å²) in [7, 11) is 1.59. The fourth-order valence-corrected chi connectivity index (χ4v) is 1.91. The molecule has 0 N–H and O–H groups in total. The molecule has 0 aliphatic carbocycles. The molecule has 94 valence electrons. The summed E-state index contributed by atoms with van der Waals surface area (Å²) in [4.78, 5) is 4.36. The minimum Gasteiger partial charge on any atom is -0.495 e. The molecule has 0 spiro atoms. The zero-order chi connectivity index (χ0) is 13.1. The molecule has 0 amide bonds. The van der Waals surface area contributed by atoms with Crippen molar-refractivity contribution in [3.63, 3.8) is 0 Å². The van der Waals surface area contributed by atoms with Gasteiger partial charge in [0.1, 0.15) is 17.3 Å². The van der Waals surface area contributed by atoms with Crippen LogP contribution in [0.3, 0.4) is 0 Å². The number of halogens is 1. The lowest BCUT2D eigenvalue weighted by Crippen LogP contribution is -1.83. The van der Waals surface area contributed by atoms with Crippen LogP contribution in [-0.2, 0) is 0 Å². The smallest absolute Gasteiger partial charge is 0.137 e. The Morgan fingerprint density at radius 3 is 2.61 bits per heavy atom.